The molecule has 2 aromatic carbocycles. The van der Waals surface area contributed by atoms with Crippen molar-refractivity contribution in [1.82, 2.24) is 25.6 Å². The van der Waals surface area contributed by atoms with Crippen LogP contribution in [0.15, 0.2) is 78.8 Å². The molecule has 0 bridgehead atoms. The largest absolute Gasteiger partial charge is 0.393 e. The first-order valence-corrected chi connectivity index (χ1v) is 15.9. The van der Waals surface area contributed by atoms with E-state index >= 15 is 0 Å². The number of nitrogens with one attached hydrogen (secondary N) is 2. The van der Waals surface area contributed by atoms with E-state index in [2.05, 4.69) is 15.7 Å². The molecule has 4 rings (SSSR count). The minimum absolute atomic E-state index is 0.00000219. The molecule has 12 heteroatoms. The molecule has 3 atom stereocenters. The van der Waals surface area contributed by atoms with Gasteiger partial charge in [-0.15, -0.1) is 0 Å². The highest BCUT2D eigenvalue weighted by Gasteiger charge is 2.33. The van der Waals surface area contributed by atoms with Crippen molar-refractivity contribution < 1.29 is 24.3 Å². The van der Waals surface area contributed by atoms with Gasteiger partial charge in [-0.05, 0) is 49.3 Å². The van der Waals surface area contributed by atoms with E-state index in [0.717, 1.165) is 27.9 Å². The number of amides is 4. The zero-order valence-electron chi connectivity index (χ0n) is 27.4. The van der Waals surface area contributed by atoms with E-state index in [4.69, 9.17) is 5.73 Å². The number of fused-ring (bicyclic) bond motifs is 1. The molecule has 0 spiro atoms. The van der Waals surface area contributed by atoms with Crippen LogP contribution < -0.4 is 21.4 Å². The van der Waals surface area contributed by atoms with Crippen LogP contribution in [0.3, 0.4) is 0 Å². The molecule has 47 heavy (non-hydrogen) atoms. The molecule has 0 saturated carbocycles. The molecule has 2 heterocycles. The van der Waals surface area contributed by atoms with Gasteiger partial charge in [0.25, 0.3) is 5.91 Å². The SMILES string of the molecule is CC(=O)N[C@@H](CC1=CN(C(=O)[C@H](C)N)CN1c1cccc2ccccc12)C(=O)NN(Cc1ccccn1)C(=O)C[C@@H](O)CCC(C)C. The lowest BCUT2D eigenvalue weighted by atomic mass is 10.0. The summed E-state index contributed by atoms with van der Waals surface area (Å²) in [7, 11) is 0. The van der Waals surface area contributed by atoms with Crippen LogP contribution >= 0.6 is 0 Å². The van der Waals surface area contributed by atoms with E-state index in [-0.39, 0.29) is 32.0 Å². The van der Waals surface area contributed by atoms with E-state index in [9.17, 15) is 24.3 Å². The fourth-order valence-electron chi connectivity index (χ4n) is 5.42. The molecule has 0 fully saturated rings. The van der Waals surface area contributed by atoms with Gasteiger partial charge < -0.3 is 21.1 Å². The monoisotopic (exact) mass is 643 g/mol. The van der Waals surface area contributed by atoms with Crippen molar-refractivity contribution in [3.05, 3.63) is 84.5 Å². The third kappa shape index (κ3) is 9.60. The fraction of sp³-hybridized carbons (Fsp3) is 0.400. The van der Waals surface area contributed by atoms with Gasteiger partial charge in [-0.3, -0.25) is 34.5 Å². The van der Waals surface area contributed by atoms with Gasteiger partial charge in [-0.2, -0.15) is 0 Å². The third-order valence-electron chi connectivity index (χ3n) is 7.86. The number of nitrogens with zero attached hydrogens (tertiary/aromatic N) is 4. The van der Waals surface area contributed by atoms with Crippen LogP contribution in [-0.2, 0) is 25.7 Å². The summed E-state index contributed by atoms with van der Waals surface area (Å²) >= 11 is 0. The molecule has 12 nitrogen and oxygen atoms in total. The van der Waals surface area contributed by atoms with Gasteiger partial charge >= 0.3 is 0 Å². The van der Waals surface area contributed by atoms with Gasteiger partial charge in [0, 0.05) is 36.8 Å². The number of pyridine rings is 1. The van der Waals surface area contributed by atoms with Crippen molar-refractivity contribution in [3.63, 3.8) is 0 Å². The molecule has 0 aliphatic carbocycles. The van der Waals surface area contributed by atoms with Crippen LogP contribution in [0.25, 0.3) is 10.8 Å². The minimum atomic E-state index is -1.12. The third-order valence-corrected chi connectivity index (χ3v) is 7.86. The topological polar surface area (TPSA) is 161 Å². The smallest absolute Gasteiger partial charge is 0.261 e. The van der Waals surface area contributed by atoms with Crippen molar-refractivity contribution in [2.75, 3.05) is 11.6 Å². The van der Waals surface area contributed by atoms with Gasteiger partial charge in [0.2, 0.25) is 17.7 Å². The van der Waals surface area contributed by atoms with E-state index in [1.807, 2.05) is 61.2 Å². The molecule has 0 unspecified atom stereocenters. The number of rotatable bonds is 13. The molecular weight excluding hydrogens is 598 g/mol. The number of aliphatic hydroxyl groups is 1. The molecular formula is C35H45N7O5. The Balaban J connectivity index is 1.62. The Kier molecular flexibility index (Phi) is 12.0. The number of benzene rings is 2. The average molecular weight is 644 g/mol. The summed E-state index contributed by atoms with van der Waals surface area (Å²) in [4.78, 5) is 60.4. The number of anilines is 1. The predicted octanol–water partition coefficient (Wildman–Crippen LogP) is 3.17. The summed E-state index contributed by atoms with van der Waals surface area (Å²) in [6.45, 7) is 7.11. The number of hydrogen-bond donors (Lipinski definition) is 4. The lowest BCUT2D eigenvalue weighted by Crippen LogP contribution is -2.54. The van der Waals surface area contributed by atoms with Crippen LogP contribution in [0.5, 0.6) is 0 Å². The molecule has 1 aliphatic rings. The van der Waals surface area contributed by atoms with E-state index < -0.39 is 35.9 Å². The Morgan fingerprint density at radius 3 is 2.40 bits per heavy atom. The van der Waals surface area contributed by atoms with Gasteiger partial charge in [-0.25, -0.2) is 5.01 Å². The first kappa shape index (κ1) is 35.1. The number of carbonyl (C=O) groups excluding carboxylic acids is 4. The fourth-order valence-corrected chi connectivity index (χ4v) is 5.42. The highest BCUT2D eigenvalue weighted by Crippen LogP contribution is 2.34. The summed E-state index contributed by atoms with van der Waals surface area (Å²) in [5.41, 5.74) is 10.6. The number of hydrogen-bond acceptors (Lipinski definition) is 8. The molecule has 1 aliphatic heterocycles. The number of nitrogens with two attached hydrogens (primary N) is 1. The first-order valence-electron chi connectivity index (χ1n) is 15.9. The highest BCUT2D eigenvalue weighted by atomic mass is 16.3. The number of aliphatic hydroxyl groups excluding tert-OH is 1. The van der Waals surface area contributed by atoms with Gasteiger partial charge in [0.05, 0.1) is 36.5 Å². The van der Waals surface area contributed by atoms with Crippen molar-refractivity contribution in [1.29, 1.82) is 0 Å². The van der Waals surface area contributed by atoms with Crippen molar-refractivity contribution in [3.8, 4) is 0 Å². The normalized spacial score (nSPS) is 14.8. The Hall–Kier alpha value is -4.81. The summed E-state index contributed by atoms with van der Waals surface area (Å²) < 4.78 is 0. The molecule has 250 valence electrons. The zero-order chi connectivity index (χ0) is 34.1. The summed E-state index contributed by atoms with van der Waals surface area (Å²) in [6.07, 6.45) is 3.34. The van der Waals surface area contributed by atoms with E-state index in [1.54, 1.807) is 37.5 Å². The molecule has 5 N–H and O–H groups in total. The quantitative estimate of drug-likeness (QED) is 0.207. The summed E-state index contributed by atoms with van der Waals surface area (Å²) in [5.74, 6) is -1.52. The lowest BCUT2D eigenvalue weighted by molar-refractivity contribution is -0.145. The second-order valence-corrected chi connectivity index (χ2v) is 12.3. The number of aromatic nitrogens is 1. The molecule has 3 aromatic rings. The molecule has 0 saturated heterocycles. The van der Waals surface area contributed by atoms with E-state index in [0.29, 0.717) is 23.7 Å². The van der Waals surface area contributed by atoms with Gasteiger partial charge in [0.15, 0.2) is 0 Å². The minimum Gasteiger partial charge on any atom is -0.393 e. The predicted molar refractivity (Wildman–Crippen MR) is 180 cm³/mol. The van der Waals surface area contributed by atoms with Crippen LogP contribution in [0.2, 0.25) is 0 Å². The maximum Gasteiger partial charge on any atom is 0.261 e. The number of hydrazine groups is 1. The van der Waals surface area contributed by atoms with Gasteiger partial charge in [0.1, 0.15) is 12.7 Å². The average Bonchev–Trinajstić information content (AvgIpc) is 3.46. The van der Waals surface area contributed by atoms with Crippen LogP contribution in [-0.4, -0.2) is 68.5 Å². The summed E-state index contributed by atoms with van der Waals surface area (Å²) in [6, 6.07) is 17.0. The standard InChI is InChI=1S/C35H45N7O5/c1-23(2)15-16-29(44)19-33(45)42(20-27-12-7-8-17-37-27)39-34(46)31(38-25(4)43)18-28-21-40(35(47)24(3)36)22-41(28)32-14-9-11-26-10-5-6-13-30(26)32/h5-14,17,21,23-24,29,31,44H,15-16,18-20,22,36H2,1-4H3,(H,38,43)(H,39,46)/t24-,29-,31-/m0/s1. The Bertz CT molecular complexity index is 1590. The van der Waals surface area contributed by atoms with Crippen molar-refractivity contribution in [2.45, 2.75) is 78.1 Å². The first-order chi connectivity index (χ1) is 22.4. The molecule has 0 radical (unpaired) electrons. The second kappa shape index (κ2) is 16.1. The maximum atomic E-state index is 13.9. The van der Waals surface area contributed by atoms with Crippen molar-refractivity contribution in [2.24, 2.45) is 11.7 Å². The lowest BCUT2D eigenvalue weighted by Gasteiger charge is -2.29. The zero-order valence-corrected chi connectivity index (χ0v) is 27.4. The van der Waals surface area contributed by atoms with Crippen molar-refractivity contribution >= 4 is 40.1 Å². The maximum absolute atomic E-state index is 13.9. The highest BCUT2D eigenvalue weighted by molar-refractivity contribution is 5.96. The van der Waals surface area contributed by atoms with Gasteiger partial charge in [-0.1, -0.05) is 56.3 Å². The second-order valence-electron chi connectivity index (χ2n) is 12.3. The Morgan fingerprint density at radius 1 is 1.00 bits per heavy atom. The van der Waals surface area contributed by atoms with Crippen LogP contribution in [0.1, 0.15) is 59.1 Å². The Labute approximate surface area is 275 Å². The molecule has 4 amide bonds. The van der Waals surface area contributed by atoms with Crippen LogP contribution in [0, 0.1) is 5.92 Å². The number of carbonyl (C=O) groups is 4. The summed E-state index contributed by atoms with van der Waals surface area (Å²) in [5, 5.41) is 16.4. The van der Waals surface area contributed by atoms with Crippen LogP contribution in [0.4, 0.5) is 5.69 Å². The molecule has 1 aromatic heterocycles. The Morgan fingerprint density at radius 2 is 1.72 bits per heavy atom. The van der Waals surface area contributed by atoms with E-state index in [1.165, 1.54) is 11.8 Å².